The van der Waals surface area contributed by atoms with E-state index >= 15 is 0 Å². The van der Waals surface area contributed by atoms with Gasteiger partial charge < -0.3 is 9.84 Å². The summed E-state index contributed by atoms with van der Waals surface area (Å²) in [4.78, 5) is 4.55. The summed E-state index contributed by atoms with van der Waals surface area (Å²) < 4.78 is 5.42. The Morgan fingerprint density at radius 3 is 3.11 bits per heavy atom. The molecule has 96 valence electrons. The third kappa shape index (κ3) is 2.33. The Labute approximate surface area is 110 Å². The van der Waals surface area contributed by atoms with E-state index in [0.29, 0.717) is 0 Å². The van der Waals surface area contributed by atoms with Crippen LogP contribution in [0.3, 0.4) is 0 Å². The lowest BCUT2D eigenvalue weighted by atomic mass is 10.1. The van der Waals surface area contributed by atoms with Gasteiger partial charge in [-0.25, -0.2) is 0 Å². The number of nitrogens with zero attached hydrogens (tertiary/aromatic N) is 2. The molecule has 3 heterocycles. The maximum Gasteiger partial charge on any atom is 0.244 e. The summed E-state index contributed by atoms with van der Waals surface area (Å²) >= 11 is 1.67. The van der Waals surface area contributed by atoms with Crippen molar-refractivity contribution < 1.29 is 4.52 Å². The molecule has 0 aromatic carbocycles. The number of nitrogens with one attached hydrogen (secondary N) is 1. The van der Waals surface area contributed by atoms with Gasteiger partial charge in [0, 0.05) is 10.9 Å². The van der Waals surface area contributed by atoms with Gasteiger partial charge in [-0.05, 0) is 37.3 Å². The second kappa shape index (κ2) is 5.20. The topological polar surface area (TPSA) is 51.0 Å². The Kier molecular flexibility index (Phi) is 3.43. The van der Waals surface area contributed by atoms with Crippen LogP contribution in [0.15, 0.2) is 15.3 Å². The van der Waals surface area contributed by atoms with Gasteiger partial charge in [0.05, 0.1) is 6.04 Å². The first-order valence-electron chi connectivity index (χ1n) is 6.45. The second-order valence-corrected chi connectivity index (χ2v) is 5.52. The summed E-state index contributed by atoms with van der Waals surface area (Å²) in [5, 5.41) is 11.8. The van der Waals surface area contributed by atoms with Crippen molar-refractivity contribution in [1.29, 1.82) is 0 Å². The highest BCUT2D eigenvalue weighted by Crippen LogP contribution is 2.27. The molecule has 1 aliphatic heterocycles. The zero-order chi connectivity index (χ0) is 12.4. The lowest BCUT2D eigenvalue weighted by Crippen LogP contribution is -2.20. The van der Waals surface area contributed by atoms with Crippen LogP contribution >= 0.6 is 11.3 Å². The predicted octanol–water partition coefficient (Wildman–Crippen LogP) is 3.31. The molecule has 4 nitrogen and oxygen atoms in total. The normalized spacial score (nSPS) is 20.8. The fourth-order valence-corrected chi connectivity index (χ4v) is 3.14. The Balaban J connectivity index is 1.82. The van der Waals surface area contributed by atoms with Crippen LogP contribution in [0.5, 0.6) is 0 Å². The van der Waals surface area contributed by atoms with E-state index in [2.05, 4.69) is 33.1 Å². The van der Waals surface area contributed by atoms with E-state index in [9.17, 15) is 0 Å². The van der Waals surface area contributed by atoms with Gasteiger partial charge >= 0.3 is 0 Å². The molecule has 0 bridgehead atoms. The number of thiophene rings is 1. The number of aromatic nitrogens is 2. The Bertz CT molecular complexity index is 512. The van der Waals surface area contributed by atoms with Gasteiger partial charge in [-0.15, -0.1) is 0 Å². The first-order valence-corrected chi connectivity index (χ1v) is 7.39. The van der Waals surface area contributed by atoms with Gasteiger partial charge in [0.2, 0.25) is 11.7 Å². The molecule has 0 aliphatic carbocycles. The van der Waals surface area contributed by atoms with Crippen molar-refractivity contribution in [2.24, 2.45) is 0 Å². The molecule has 2 aromatic heterocycles. The first-order chi connectivity index (χ1) is 8.84. The van der Waals surface area contributed by atoms with Gasteiger partial charge in [0.1, 0.15) is 0 Å². The number of aryl methyl sites for hydroxylation is 1. The summed E-state index contributed by atoms with van der Waals surface area (Å²) in [7, 11) is 0. The fourth-order valence-electron chi connectivity index (χ4n) is 2.32. The maximum atomic E-state index is 5.42. The largest absolute Gasteiger partial charge is 0.337 e. The van der Waals surface area contributed by atoms with E-state index in [-0.39, 0.29) is 6.04 Å². The monoisotopic (exact) mass is 263 g/mol. The van der Waals surface area contributed by atoms with Crippen LogP contribution in [0.2, 0.25) is 0 Å². The molecule has 0 saturated carbocycles. The highest BCUT2D eigenvalue weighted by Gasteiger charge is 2.21. The van der Waals surface area contributed by atoms with E-state index in [1.54, 1.807) is 11.3 Å². The number of hydrogen-bond acceptors (Lipinski definition) is 5. The van der Waals surface area contributed by atoms with Crippen molar-refractivity contribution in [3.63, 3.8) is 0 Å². The minimum Gasteiger partial charge on any atom is -0.337 e. The van der Waals surface area contributed by atoms with Crippen molar-refractivity contribution in [3.05, 3.63) is 22.2 Å². The first kappa shape index (κ1) is 11.9. The molecular formula is C13H17N3OS. The van der Waals surface area contributed by atoms with E-state index in [1.807, 2.05) is 0 Å². The Hall–Kier alpha value is -1.20. The molecule has 1 fully saturated rings. The third-order valence-electron chi connectivity index (χ3n) is 3.40. The minimum absolute atomic E-state index is 0.229. The van der Waals surface area contributed by atoms with Crippen LogP contribution < -0.4 is 5.32 Å². The van der Waals surface area contributed by atoms with Crippen LogP contribution in [0.25, 0.3) is 11.4 Å². The summed E-state index contributed by atoms with van der Waals surface area (Å²) in [6, 6.07) is 0.229. The molecule has 0 spiro atoms. The maximum absolute atomic E-state index is 5.42. The lowest BCUT2D eigenvalue weighted by molar-refractivity contribution is 0.327. The average molecular weight is 263 g/mol. The molecule has 0 radical (unpaired) electrons. The van der Waals surface area contributed by atoms with Crippen LogP contribution in [-0.4, -0.2) is 16.7 Å². The SMILES string of the molecule is Cc1cscc1-c1noc(C2CCCCCN2)n1. The number of hydrogen-bond donors (Lipinski definition) is 1. The molecule has 1 aliphatic rings. The van der Waals surface area contributed by atoms with Crippen LogP contribution in [0.4, 0.5) is 0 Å². The van der Waals surface area contributed by atoms with Gasteiger partial charge in [0.15, 0.2) is 0 Å². The van der Waals surface area contributed by atoms with Crippen LogP contribution in [-0.2, 0) is 0 Å². The molecule has 1 unspecified atom stereocenters. The summed E-state index contributed by atoms with van der Waals surface area (Å²) in [5.74, 6) is 1.45. The quantitative estimate of drug-likeness (QED) is 0.903. The smallest absolute Gasteiger partial charge is 0.244 e. The van der Waals surface area contributed by atoms with Crippen LogP contribution in [0.1, 0.15) is 43.2 Å². The third-order valence-corrected chi connectivity index (χ3v) is 4.26. The Morgan fingerprint density at radius 2 is 2.28 bits per heavy atom. The molecular weight excluding hydrogens is 246 g/mol. The molecule has 2 aromatic rings. The van der Waals surface area contributed by atoms with Gasteiger partial charge in [-0.1, -0.05) is 18.0 Å². The standard InChI is InChI=1S/C13H17N3OS/c1-9-7-18-8-10(9)12-15-13(17-16-12)11-5-3-2-4-6-14-11/h7-8,11,14H,2-6H2,1H3. The van der Waals surface area contributed by atoms with Crippen molar-refractivity contribution in [2.45, 2.75) is 38.6 Å². The Morgan fingerprint density at radius 1 is 1.33 bits per heavy atom. The molecule has 1 N–H and O–H groups in total. The second-order valence-electron chi connectivity index (χ2n) is 4.78. The van der Waals surface area contributed by atoms with Gasteiger partial charge in [0.25, 0.3) is 0 Å². The summed E-state index contributed by atoms with van der Waals surface area (Å²) in [5.41, 5.74) is 2.30. The lowest BCUT2D eigenvalue weighted by Gasteiger charge is -2.09. The van der Waals surface area contributed by atoms with Gasteiger partial charge in [-0.2, -0.15) is 16.3 Å². The van der Waals surface area contributed by atoms with Crippen molar-refractivity contribution in [1.82, 2.24) is 15.5 Å². The average Bonchev–Trinajstić information content (AvgIpc) is 2.91. The summed E-state index contributed by atoms with van der Waals surface area (Å²) in [6.45, 7) is 3.12. The fraction of sp³-hybridized carbons (Fsp3) is 0.538. The van der Waals surface area contributed by atoms with Crippen molar-refractivity contribution in [3.8, 4) is 11.4 Å². The van der Waals surface area contributed by atoms with E-state index in [1.165, 1.54) is 24.8 Å². The van der Waals surface area contributed by atoms with Gasteiger partial charge in [-0.3, -0.25) is 0 Å². The minimum atomic E-state index is 0.229. The number of rotatable bonds is 2. The van der Waals surface area contributed by atoms with Crippen LogP contribution in [0, 0.1) is 6.92 Å². The van der Waals surface area contributed by atoms with E-state index in [4.69, 9.17) is 4.52 Å². The zero-order valence-corrected chi connectivity index (χ0v) is 11.3. The molecule has 0 amide bonds. The highest BCUT2D eigenvalue weighted by atomic mass is 32.1. The van der Waals surface area contributed by atoms with Crippen molar-refractivity contribution >= 4 is 11.3 Å². The van der Waals surface area contributed by atoms with E-state index in [0.717, 1.165) is 30.2 Å². The zero-order valence-electron chi connectivity index (χ0n) is 10.5. The molecule has 1 atom stereocenters. The molecule has 3 rings (SSSR count). The highest BCUT2D eigenvalue weighted by molar-refractivity contribution is 7.08. The molecule has 1 saturated heterocycles. The van der Waals surface area contributed by atoms with E-state index < -0.39 is 0 Å². The molecule has 18 heavy (non-hydrogen) atoms. The molecule has 5 heteroatoms. The summed E-state index contributed by atoms with van der Waals surface area (Å²) in [6.07, 6.45) is 4.84. The van der Waals surface area contributed by atoms with Crippen molar-refractivity contribution in [2.75, 3.05) is 6.54 Å². The predicted molar refractivity (Wildman–Crippen MR) is 71.6 cm³/mol.